The van der Waals surface area contributed by atoms with Gasteiger partial charge in [-0.3, -0.25) is 9.59 Å². The standard InChI is InChI=1S/C17H18N4O2/c1-12(13-6-4-3-5-7-13)19-15(22)11-21-17(23)16-14(10-18-21)8-9-20(16)2/h3-10,12H,11H2,1-2H3,(H,19,22). The highest BCUT2D eigenvalue weighted by Crippen LogP contribution is 2.11. The fourth-order valence-electron chi connectivity index (χ4n) is 2.60. The molecular weight excluding hydrogens is 292 g/mol. The van der Waals surface area contributed by atoms with Gasteiger partial charge in [0.25, 0.3) is 5.56 Å². The Morgan fingerprint density at radius 2 is 2.00 bits per heavy atom. The number of carbonyl (C=O) groups excluding carboxylic acids is 1. The molecule has 3 rings (SSSR count). The molecule has 1 atom stereocenters. The number of nitrogens with zero attached hydrogens (tertiary/aromatic N) is 3. The first-order valence-corrected chi connectivity index (χ1v) is 7.41. The Morgan fingerprint density at radius 1 is 1.26 bits per heavy atom. The Kier molecular flexibility index (Phi) is 3.97. The molecule has 23 heavy (non-hydrogen) atoms. The van der Waals surface area contributed by atoms with Gasteiger partial charge in [-0.05, 0) is 18.6 Å². The third-order valence-corrected chi connectivity index (χ3v) is 3.85. The van der Waals surface area contributed by atoms with Gasteiger partial charge in [0.15, 0.2) is 0 Å². The lowest BCUT2D eigenvalue weighted by Gasteiger charge is -2.14. The van der Waals surface area contributed by atoms with E-state index in [-0.39, 0.29) is 24.1 Å². The fraction of sp³-hybridized carbons (Fsp3) is 0.235. The Bertz CT molecular complexity index is 896. The van der Waals surface area contributed by atoms with Crippen LogP contribution in [0.25, 0.3) is 10.9 Å². The molecule has 2 heterocycles. The SMILES string of the molecule is CC(NC(=O)Cn1ncc2ccn(C)c2c1=O)c1ccccc1. The molecular formula is C17H18N4O2. The summed E-state index contributed by atoms with van der Waals surface area (Å²) in [7, 11) is 1.80. The zero-order valence-electron chi connectivity index (χ0n) is 13.1. The zero-order valence-corrected chi connectivity index (χ0v) is 13.1. The van der Waals surface area contributed by atoms with Gasteiger partial charge in [-0.1, -0.05) is 30.3 Å². The van der Waals surface area contributed by atoms with E-state index < -0.39 is 0 Å². The second kappa shape index (κ2) is 6.08. The summed E-state index contributed by atoms with van der Waals surface area (Å²) in [5.41, 5.74) is 1.29. The van der Waals surface area contributed by atoms with Crippen molar-refractivity contribution < 1.29 is 4.79 Å². The average molecular weight is 310 g/mol. The van der Waals surface area contributed by atoms with E-state index in [2.05, 4.69) is 10.4 Å². The van der Waals surface area contributed by atoms with Crippen molar-refractivity contribution in [2.75, 3.05) is 0 Å². The molecule has 3 aromatic rings. The minimum absolute atomic E-state index is 0.100. The Balaban J connectivity index is 1.77. The van der Waals surface area contributed by atoms with Crippen LogP contribution in [-0.2, 0) is 18.4 Å². The van der Waals surface area contributed by atoms with Crippen LogP contribution in [0, 0.1) is 0 Å². The van der Waals surface area contributed by atoms with Crippen molar-refractivity contribution in [3.8, 4) is 0 Å². The van der Waals surface area contributed by atoms with E-state index in [1.54, 1.807) is 24.0 Å². The van der Waals surface area contributed by atoms with Gasteiger partial charge >= 0.3 is 0 Å². The number of nitrogens with one attached hydrogen (secondary N) is 1. The minimum atomic E-state index is -0.266. The fourth-order valence-corrected chi connectivity index (χ4v) is 2.60. The molecule has 0 bridgehead atoms. The Labute approximate surface area is 133 Å². The predicted octanol–water partition coefficient (Wildman–Crippen LogP) is 1.61. The summed E-state index contributed by atoms with van der Waals surface area (Å²) in [6.07, 6.45) is 3.40. The average Bonchev–Trinajstić information content (AvgIpc) is 2.93. The minimum Gasteiger partial charge on any atom is -0.348 e. The first kappa shape index (κ1) is 15.0. The van der Waals surface area contributed by atoms with Crippen LogP contribution in [0.4, 0.5) is 0 Å². The van der Waals surface area contributed by atoms with Crippen LogP contribution in [0.5, 0.6) is 0 Å². The van der Waals surface area contributed by atoms with E-state index in [4.69, 9.17) is 0 Å². The van der Waals surface area contributed by atoms with Crippen LogP contribution in [0.3, 0.4) is 0 Å². The quantitative estimate of drug-likeness (QED) is 0.796. The number of aromatic nitrogens is 3. The lowest BCUT2D eigenvalue weighted by atomic mass is 10.1. The van der Waals surface area contributed by atoms with Crippen molar-refractivity contribution in [1.82, 2.24) is 19.7 Å². The molecule has 1 N–H and O–H groups in total. The van der Waals surface area contributed by atoms with Crippen LogP contribution in [0.1, 0.15) is 18.5 Å². The van der Waals surface area contributed by atoms with Crippen molar-refractivity contribution in [2.45, 2.75) is 19.5 Å². The molecule has 2 aromatic heterocycles. The number of amides is 1. The molecule has 0 saturated heterocycles. The smallest absolute Gasteiger partial charge is 0.291 e. The molecule has 0 radical (unpaired) electrons. The molecule has 0 fully saturated rings. The van der Waals surface area contributed by atoms with E-state index in [1.165, 1.54) is 4.68 Å². The number of carbonyl (C=O) groups is 1. The zero-order chi connectivity index (χ0) is 16.4. The van der Waals surface area contributed by atoms with E-state index in [1.807, 2.05) is 43.3 Å². The summed E-state index contributed by atoms with van der Waals surface area (Å²) in [6, 6.07) is 11.4. The maximum absolute atomic E-state index is 12.4. The normalized spacial score (nSPS) is 12.3. The summed E-state index contributed by atoms with van der Waals surface area (Å²) in [4.78, 5) is 24.6. The Hall–Kier alpha value is -2.89. The van der Waals surface area contributed by atoms with E-state index in [0.29, 0.717) is 5.52 Å². The van der Waals surface area contributed by atoms with Crippen LogP contribution in [0.15, 0.2) is 53.6 Å². The van der Waals surface area contributed by atoms with E-state index in [0.717, 1.165) is 10.9 Å². The van der Waals surface area contributed by atoms with Crippen LogP contribution >= 0.6 is 0 Å². The molecule has 6 nitrogen and oxygen atoms in total. The highest BCUT2D eigenvalue weighted by molar-refractivity contribution is 5.79. The van der Waals surface area contributed by atoms with Crippen LogP contribution in [0.2, 0.25) is 0 Å². The number of hydrogen-bond donors (Lipinski definition) is 1. The molecule has 6 heteroatoms. The van der Waals surface area contributed by atoms with Gasteiger partial charge in [-0.15, -0.1) is 0 Å². The molecule has 0 aliphatic rings. The number of rotatable bonds is 4. The van der Waals surface area contributed by atoms with Gasteiger partial charge < -0.3 is 9.88 Å². The third-order valence-electron chi connectivity index (χ3n) is 3.85. The topological polar surface area (TPSA) is 68.9 Å². The summed E-state index contributed by atoms with van der Waals surface area (Å²) >= 11 is 0. The molecule has 1 aromatic carbocycles. The van der Waals surface area contributed by atoms with Crippen molar-refractivity contribution in [3.63, 3.8) is 0 Å². The molecule has 1 unspecified atom stereocenters. The highest BCUT2D eigenvalue weighted by atomic mass is 16.2. The van der Waals surface area contributed by atoms with Gasteiger partial charge in [-0.25, -0.2) is 4.68 Å². The van der Waals surface area contributed by atoms with Gasteiger partial charge in [0, 0.05) is 18.6 Å². The second-order valence-electron chi connectivity index (χ2n) is 5.54. The van der Waals surface area contributed by atoms with E-state index >= 15 is 0 Å². The van der Waals surface area contributed by atoms with Gasteiger partial charge in [-0.2, -0.15) is 5.10 Å². The lowest BCUT2D eigenvalue weighted by Crippen LogP contribution is -2.35. The first-order chi connectivity index (χ1) is 11.1. The van der Waals surface area contributed by atoms with Crippen LogP contribution < -0.4 is 10.9 Å². The highest BCUT2D eigenvalue weighted by Gasteiger charge is 2.13. The maximum Gasteiger partial charge on any atom is 0.291 e. The third kappa shape index (κ3) is 3.01. The first-order valence-electron chi connectivity index (χ1n) is 7.41. The van der Waals surface area contributed by atoms with Crippen molar-refractivity contribution in [3.05, 3.63) is 64.7 Å². The predicted molar refractivity (Wildman–Crippen MR) is 88.0 cm³/mol. The molecule has 0 aliphatic carbocycles. The summed E-state index contributed by atoms with van der Waals surface area (Å²) in [5.74, 6) is -0.246. The summed E-state index contributed by atoms with van der Waals surface area (Å²) < 4.78 is 2.93. The van der Waals surface area contributed by atoms with Crippen molar-refractivity contribution >= 4 is 16.8 Å². The number of hydrogen-bond acceptors (Lipinski definition) is 3. The van der Waals surface area contributed by atoms with E-state index in [9.17, 15) is 9.59 Å². The van der Waals surface area contributed by atoms with Crippen LogP contribution in [-0.4, -0.2) is 20.3 Å². The lowest BCUT2D eigenvalue weighted by molar-refractivity contribution is -0.122. The molecule has 0 saturated carbocycles. The summed E-state index contributed by atoms with van der Waals surface area (Å²) in [5, 5.41) is 7.72. The number of benzene rings is 1. The monoisotopic (exact) mass is 310 g/mol. The molecule has 0 spiro atoms. The molecule has 0 aliphatic heterocycles. The van der Waals surface area contributed by atoms with Gasteiger partial charge in [0.1, 0.15) is 12.1 Å². The molecule has 118 valence electrons. The van der Waals surface area contributed by atoms with Crippen molar-refractivity contribution in [2.24, 2.45) is 7.05 Å². The van der Waals surface area contributed by atoms with Gasteiger partial charge in [0.05, 0.1) is 12.2 Å². The number of fused-ring (bicyclic) bond motifs is 1. The maximum atomic E-state index is 12.4. The largest absolute Gasteiger partial charge is 0.348 e. The number of aryl methyl sites for hydroxylation is 1. The summed E-state index contributed by atoms with van der Waals surface area (Å²) in [6.45, 7) is 1.81. The molecule has 1 amide bonds. The Morgan fingerprint density at radius 3 is 2.74 bits per heavy atom. The van der Waals surface area contributed by atoms with Crippen molar-refractivity contribution in [1.29, 1.82) is 0 Å². The van der Waals surface area contributed by atoms with Gasteiger partial charge in [0.2, 0.25) is 5.91 Å². The second-order valence-corrected chi connectivity index (χ2v) is 5.54.